The van der Waals surface area contributed by atoms with Crippen molar-refractivity contribution in [1.29, 1.82) is 0 Å². The number of urea groups is 1. The summed E-state index contributed by atoms with van der Waals surface area (Å²) in [4.78, 5) is 14.7. The minimum Gasteiger partial charge on any atom is -0.348 e. The fourth-order valence-electron chi connectivity index (χ4n) is 3.30. The molecular weight excluding hydrogens is 286 g/mol. The van der Waals surface area contributed by atoms with Crippen molar-refractivity contribution in [1.82, 2.24) is 9.47 Å². The number of amides is 2. The molecule has 1 aromatic heterocycles. The molecule has 0 saturated carbocycles. The van der Waals surface area contributed by atoms with Crippen LogP contribution in [-0.2, 0) is 13.0 Å². The maximum absolute atomic E-state index is 12.7. The summed E-state index contributed by atoms with van der Waals surface area (Å²) in [7, 11) is 0. The van der Waals surface area contributed by atoms with Crippen molar-refractivity contribution in [3.63, 3.8) is 0 Å². The maximum Gasteiger partial charge on any atom is 0.322 e. The van der Waals surface area contributed by atoms with Gasteiger partial charge in [-0.3, -0.25) is 0 Å². The Bertz CT molecular complexity index is 660. The number of nitrogens with one attached hydrogen (secondary N) is 1. The van der Waals surface area contributed by atoms with E-state index in [1.54, 1.807) is 0 Å². The fourth-order valence-corrected chi connectivity index (χ4v) is 3.30. The van der Waals surface area contributed by atoms with Gasteiger partial charge in [-0.1, -0.05) is 32.4 Å². The van der Waals surface area contributed by atoms with Gasteiger partial charge in [0.05, 0.1) is 6.04 Å². The third-order valence-electron chi connectivity index (χ3n) is 4.60. The van der Waals surface area contributed by atoms with Gasteiger partial charge in [0.25, 0.3) is 0 Å². The van der Waals surface area contributed by atoms with Crippen LogP contribution < -0.4 is 5.32 Å². The standard InChI is InChI=1S/C19H25N3O/c1-3-6-18-17-7-5-12-21(17)13-14-22(18)19(23)20-16-10-8-15(4-2)9-11-16/h5,7-12,18H,3-4,6,13-14H2,1-2H3,(H,20,23)/t18-/m0/s1. The number of fused-ring (bicyclic) bond motifs is 1. The Morgan fingerprint density at radius 3 is 2.65 bits per heavy atom. The summed E-state index contributed by atoms with van der Waals surface area (Å²) in [6.45, 7) is 5.92. The van der Waals surface area contributed by atoms with Gasteiger partial charge in [0.1, 0.15) is 0 Å². The van der Waals surface area contributed by atoms with Crippen molar-refractivity contribution in [3.05, 3.63) is 53.9 Å². The minimum atomic E-state index is 0.000137. The van der Waals surface area contributed by atoms with Gasteiger partial charge >= 0.3 is 6.03 Å². The monoisotopic (exact) mass is 311 g/mol. The molecule has 0 fully saturated rings. The highest BCUT2D eigenvalue weighted by Crippen LogP contribution is 2.30. The SMILES string of the molecule is CCC[C@H]1c2cccn2CCN1C(=O)Nc1ccc(CC)cc1. The van der Waals surface area contributed by atoms with E-state index >= 15 is 0 Å². The third kappa shape index (κ3) is 3.26. The molecule has 0 saturated heterocycles. The summed E-state index contributed by atoms with van der Waals surface area (Å²) in [5.74, 6) is 0. The number of aromatic nitrogens is 1. The molecule has 1 aliphatic rings. The summed E-state index contributed by atoms with van der Waals surface area (Å²) in [6.07, 6.45) is 5.17. The molecule has 2 amide bonds. The Labute approximate surface area is 138 Å². The summed E-state index contributed by atoms with van der Waals surface area (Å²) in [5.41, 5.74) is 3.39. The van der Waals surface area contributed by atoms with E-state index in [1.807, 2.05) is 17.0 Å². The molecule has 4 heteroatoms. The average molecular weight is 311 g/mol. The van der Waals surface area contributed by atoms with Gasteiger partial charge < -0.3 is 14.8 Å². The molecule has 0 unspecified atom stereocenters. The summed E-state index contributed by atoms with van der Waals surface area (Å²) in [5, 5.41) is 3.05. The van der Waals surface area contributed by atoms with Crippen molar-refractivity contribution < 1.29 is 4.79 Å². The van der Waals surface area contributed by atoms with Crippen LogP contribution in [0.4, 0.5) is 10.5 Å². The van der Waals surface area contributed by atoms with Crippen LogP contribution in [0.25, 0.3) is 0 Å². The Morgan fingerprint density at radius 1 is 1.17 bits per heavy atom. The van der Waals surface area contributed by atoms with Crippen LogP contribution in [0.3, 0.4) is 0 Å². The number of anilines is 1. The second-order valence-corrected chi connectivity index (χ2v) is 6.10. The number of carbonyl (C=O) groups is 1. The quantitative estimate of drug-likeness (QED) is 0.890. The van der Waals surface area contributed by atoms with E-state index in [0.29, 0.717) is 0 Å². The topological polar surface area (TPSA) is 37.3 Å². The largest absolute Gasteiger partial charge is 0.348 e. The molecule has 3 rings (SSSR count). The molecule has 0 radical (unpaired) electrons. The molecule has 4 nitrogen and oxygen atoms in total. The molecule has 0 spiro atoms. The number of hydrogen-bond donors (Lipinski definition) is 1. The van der Waals surface area contributed by atoms with Gasteiger partial charge in [-0.05, 0) is 42.7 Å². The van der Waals surface area contributed by atoms with Crippen LogP contribution in [0.1, 0.15) is 44.0 Å². The van der Waals surface area contributed by atoms with Crippen LogP contribution in [0.2, 0.25) is 0 Å². The number of nitrogens with zero attached hydrogens (tertiary/aromatic N) is 2. The molecule has 2 heterocycles. The first kappa shape index (κ1) is 15.7. The first-order valence-electron chi connectivity index (χ1n) is 8.54. The summed E-state index contributed by atoms with van der Waals surface area (Å²) >= 11 is 0. The zero-order valence-corrected chi connectivity index (χ0v) is 14.0. The molecule has 122 valence electrons. The predicted molar refractivity (Wildman–Crippen MR) is 93.6 cm³/mol. The lowest BCUT2D eigenvalue weighted by atomic mass is 10.0. The van der Waals surface area contributed by atoms with Crippen LogP contribution in [0, 0.1) is 0 Å². The third-order valence-corrected chi connectivity index (χ3v) is 4.60. The second kappa shape index (κ2) is 6.90. The van der Waals surface area contributed by atoms with E-state index in [2.05, 4.69) is 54.2 Å². The molecule has 0 aliphatic carbocycles. The molecular formula is C19H25N3O. The van der Waals surface area contributed by atoms with Crippen LogP contribution in [-0.4, -0.2) is 22.0 Å². The van der Waals surface area contributed by atoms with Crippen molar-refractivity contribution in [2.45, 2.75) is 45.7 Å². The Balaban J connectivity index is 1.75. The number of benzene rings is 1. The van der Waals surface area contributed by atoms with E-state index in [0.717, 1.165) is 38.0 Å². The average Bonchev–Trinajstić information content (AvgIpc) is 3.05. The number of hydrogen-bond acceptors (Lipinski definition) is 1. The van der Waals surface area contributed by atoms with Gasteiger partial charge in [0.15, 0.2) is 0 Å². The zero-order valence-electron chi connectivity index (χ0n) is 14.0. The molecule has 1 aromatic carbocycles. The maximum atomic E-state index is 12.7. The van der Waals surface area contributed by atoms with Gasteiger partial charge in [-0.25, -0.2) is 4.79 Å². The normalized spacial score (nSPS) is 17.0. The Morgan fingerprint density at radius 2 is 1.96 bits per heavy atom. The number of carbonyl (C=O) groups excluding carboxylic acids is 1. The zero-order chi connectivity index (χ0) is 16.2. The van der Waals surface area contributed by atoms with E-state index in [4.69, 9.17) is 0 Å². The van der Waals surface area contributed by atoms with Gasteiger partial charge in [0, 0.05) is 30.7 Å². The molecule has 2 aromatic rings. The van der Waals surface area contributed by atoms with E-state index in [1.165, 1.54) is 11.3 Å². The lowest BCUT2D eigenvalue weighted by Crippen LogP contribution is -2.44. The minimum absolute atomic E-state index is 0.000137. The summed E-state index contributed by atoms with van der Waals surface area (Å²) < 4.78 is 2.26. The highest BCUT2D eigenvalue weighted by molar-refractivity contribution is 5.89. The van der Waals surface area contributed by atoms with Crippen molar-refractivity contribution in [2.75, 3.05) is 11.9 Å². The number of rotatable bonds is 4. The van der Waals surface area contributed by atoms with Gasteiger partial charge in [-0.2, -0.15) is 0 Å². The predicted octanol–water partition coefficient (Wildman–Crippen LogP) is 4.44. The lowest BCUT2D eigenvalue weighted by Gasteiger charge is -2.37. The van der Waals surface area contributed by atoms with E-state index < -0.39 is 0 Å². The fraction of sp³-hybridized carbons (Fsp3) is 0.421. The number of aryl methyl sites for hydroxylation is 1. The lowest BCUT2D eigenvalue weighted by molar-refractivity contribution is 0.163. The van der Waals surface area contributed by atoms with Crippen molar-refractivity contribution >= 4 is 11.7 Å². The van der Waals surface area contributed by atoms with Crippen LogP contribution in [0.5, 0.6) is 0 Å². The molecule has 23 heavy (non-hydrogen) atoms. The van der Waals surface area contributed by atoms with E-state index in [9.17, 15) is 4.79 Å². The Hall–Kier alpha value is -2.23. The second-order valence-electron chi connectivity index (χ2n) is 6.10. The smallest absolute Gasteiger partial charge is 0.322 e. The molecule has 1 aliphatic heterocycles. The molecule has 1 N–H and O–H groups in total. The van der Waals surface area contributed by atoms with Gasteiger partial charge in [-0.15, -0.1) is 0 Å². The summed E-state index contributed by atoms with van der Waals surface area (Å²) in [6, 6.07) is 12.5. The molecule has 0 bridgehead atoms. The highest BCUT2D eigenvalue weighted by atomic mass is 16.2. The molecule has 1 atom stereocenters. The Kier molecular flexibility index (Phi) is 4.70. The van der Waals surface area contributed by atoms with E-state index in [-0.39, 0.29) is 12.1 Å². The van der Waals surface area contributed by atoms with Crippen molar-refractivity contribution in [2.24, 2.45) is 0 Å². The highest BCUT2D eigenvalue weighted by Gasteiger charge is 2.30. The van der Waals surface area contributed by atoms with Crippen LogP contribution in [0.15, 0.2) is 42.6 Å². The van der Waals surface area contributed by atoms with Crippen molar-refractivity contribution in [3.8, 4) is 0 Å². The first-order chi connectivity index (χ1) is 11.2. The van der Waals surface area contributed by atoms with Gasteiger partial charge in [0.2, 0.25) is 0 Å². The first-order valence-corrected chi connectivity index (χ1v) is 8.54. The van der Waals surface area contributed by atoms with Crippen LogP contribution >= 0.6 is 0 Å².